The van der Waals surface area contributed by atoms with Crippen LogP contribution in [0.15, 0.2) is 41.0 Å². The SMILES string of the molecule is COc1cc(/C=C/C(=O)OCC(=O)N[C@@H](C)c2ccco2)cc2c1OCCO2. The van der Waals surface area contributed by atoms with Gasteiger partial charge in [-0.25, -0.2) is 4.79 Å². The van der Waals surface area contributed by atoms with Gasteiger partial charge in [-0.2, -0.15) is 0 Å². The van der Waals surface area contributed by atoms with Gasteiger partial charge in [-0.3, -0.25) is 4.79 Å². The molecule has 8 heteroatoms. The van der Waals surface area contributed by atoms with Gasteiger partial charge in [0.15, 0.2) is 18.1 Å². The summed E-state index contributed by atoms with van der Waals surface area (Å²) >= 11 is 0. The molecule has 2 heterocycles. The molecule has 8 nitrogen and oxygen atoms in total. The summed E-state index contributed by atoms with van der Waals surface area (Å²) in [5.41, 5.74) is 0.675. The van der Waals surface area contributed by atoms with E-state index in [-0.39, 0.29) is 6.04 Å². The van der Waals surface area contributed by atoms with Gasteiger partial charge in [0.1, 0.15) is 19.0 Å². The Bertz CT molecular complexity index is 840. The van der Waals surface area contributed by atoms with E-state index < -0.39 is 18.5 Å². The van der Waals surface area contributed by atoms with Crippen LogP contribution in [0, 0.1) is 0 Å². The molecule has 0 fully saturated rings. The highest BCUT2D eigenvalue weighted by molar-refractivity contribution is 5.89. The molecule has 0 unspecified atom stereocenters. The number of benzene rings is 1. The monoisotopic (exact) mass is 387 g/mol. The lowest BCUT2D eigenvalue weighted by Gasteiger charge is -2.20. The first kappa shape index (κ1) is 19.3. The molecule has 1 N–H and O–H groups in total. The fraction of sp³-hybridized carbons (Fsp3) is 0.300. The molecule has 1 aromatic carbocycles. The van der Waals surface area contributed by atoms with Crippen LogP contribution >= 0.6 is 0 Å². The maximum atomic E-state index is 11.9. The van der Waals surface area contributed by atoms with Crippen LogP contribution < -0.4 is 19.5 Å². The number of ether oxygens (including phenoxy) is 4. The first-order valence-electron chi connectivity index (χ1n) is 8.72. The number of nitrogens with one attached hydrogen (secondary N) is 1. The van der Waals surface area contributed by atoms with Gasteiger partial charge in [0.05, 0.1) is 19.4 Å². The Morgan fingerprint density at radius 3 is 2.86 bits per heavy atom. The van der Waals surface area contributed by atoms with E-state index in [0.717, 1.165) is 0 Å². The minimum atomic E-state index is -0.644. The number of amides is 1. The van der Waals surface area contributed by atoms with Gasteiger partial charge < -0.3 is 28.7 Å². The van der Waals surface area contributed by atoms with Gasteiger partial charge in [0.25, 0.3) is 5.91 Å². The molecule has 1 atom stereocenters. The van der Waals surface area contributed by atoms with E-state index in [9.17, 15) is 9.59 Å². The van der Waals surface area contributed by atoms with Crippen LogP contribution in [0.5, 0.6) is 17.2 Å². The molecule has 1 aliphatic heterocycles. The number of fused-ring (bicyclic) bond motifs is 1. The Hall–Kier alpha value is -3.42. The number of carbonyl (C=O) groups is 2. The van der Waals surface area contributed by atoms with E-state index in [0.29, 0.717) is 41.8 Å². The number of rotatable bonds is 7. The molecule has 1 aromatic heterocycles. The van der Waals surface area contributed by atoms with E-state index in [1.807, 2.05) is 0 Å². The fourth-order valence-electron chi connectivity index (χ4n) is 2.63. The third-order valence-electron chi connectivity index (χ3n) is 3.96. The van der Waals surface area contributed by atoms with E-state index in [1.165, 1.54) is 19.4 Å². The molecule has 148 valence electrons. The molecule has 0 spiro atoms. The minimum Gasteiger partial charge on any atom is -0.493 e. The molecule has 1 aliphatic rings. The lowest BCUT2D eigenvalue weighted by atomic mass is 10.1. The smallest absolute Gasteiger partial charge is 0.331 e. The van der Waals surface area contributed by atoms with Crippen molar-refractivity contribution in [1.82, 2.24) is 5.32 Å². The van der Waals surface area contributed by atoms with Crippen LogP contribution in [0.3, 0.4) is 0 Å². The molecule has 0 aliphatic carbocycles. The second kappa shape index (κ2) is 8.98. The highest BCUT2D eigenvalue weighted by Crippen LogP contribution is 2.40. The summed E-state index contributed by atoms with van der Waals surface area (Å²) < 4.78 is 26.5. The third kappa shape index (κ3) is 4.85. The quantitative estimate of drug-likeness (QED) is 0.576. The molecule has 1 amide bonds. The van der Waals surface area contributed by atoms with Gasteiger partial charge >= 0.3 is 5.97 Å². The second-order valence-corrected chi connectivity index (χ2v) is 5.99. The van der Waals surface area contributed by atoms with Crippen molar-refractivity contribution in [3.05, 3.63) is 47.9 Å². The Labute approximate surface area is 162 Å². The zero-order valence-electron chi connectivity index (χ0n) is 15.6. The summed E-state index contributed by atoms with van der Waals surface area (Å²) in [6.45, 7) is 2.27. The number of methoxy groups -OCH3 is 1. The summed E-state index contributed by atoms with van der Waals surface area (Å²) in [4.78, 5) is 23.8. The standard InChI is InChI=1S/C20H21NO7/c1-13(15-4-3-7-25-15)21-18(22)12-28-19(23)6-5-14-10-16(24-2)20-17(11-14)26-8-9-27-20/h3-7,10-11,13H,8-9,12H2,1-2H3,(H,21,22)/b6-5+/t13-/m0/s1. The Morgan fingerprint density at radius 1 is 1.29 bits per heavy atom. The zero-order chi connectivity index (χ0) is 19.9. The lowest BCUT2D eigenvalue weighted by molar-refractivity contribution is -0.144. The molecule has 0 radical (unpaired) electrons. The number of carbonyl (C=O) groups excluding carboxylic acids is 2. The summed E-state index contributed by atoms with van der Waals surface area (Å²) in [5.74, 6) is 1.14. The lowest BCUT2D eigenvalue weighted by Crippen LogP contribution is -2.30. The van der Waals surface area contributed by atoms with E-state index >= 15 is 0 Å². The van der Waals surface area contributed by atoms with Gasteiger partial charge in [-0.05, 0) is 42.8 Å². The molecular formula is C20H21NO7. The highest BCUT2D eigenvalue weighted by Gasteiger charge is 2.18. The molecular weight excluding hydrogens is 366 g/mol. The number of esters is 1. The van der Waals surface area contributed by atoms with Crippen molar-refractivity contribution in [1.29, 1.82) is 0 Å². The Kier molecular flexibility index (Phi) is 6.21. The molecule has 0 bridgehead atoms. The van der Waals surface area contributed by atoms with Crippen molar-refractivity contribution < 1.29 is 33.0 Å². The maximum Gasteiger partial charge on any atom is 0.331 e. The number of hydrogen-bond donors (Lipinski definition) is 1. The third-order valence-corrected chi connectivity index (χ3v) is 3.96. The summed E-state index contributed by atoms with van der Waals surface area (Å²) in [6, 6.07) is 6.62. The predicted molar refractivity (Wildman–Crippen MR) is 99.2 cm³/mol. The summed E-state index contributed by atoms with van der Waals surface area (Å²) in [6.07, 6.45) is 4.30. The zero-order valence-corrected chi connectivity index (χ0v) is 15.6. The number of furan rings is 1. The average molecular weight is 387 g/mol. The fourth-order valence-corrected chi connectivity index (χ4v) is 2.63. The minimum absolute atomic E-state index is 0.318. The molecule has 3 rings (SSSR count). The van der Waals surface area contributed by atoms with Crippen LogP contribution in [-0.4, -0.2) is 38.8 Å². The normalized spacial score (nSPS) is 13.8. The van der Waals surface area contributed by atoms with Gasteiger partial charge in [0.2, 0.25) is 5.75 Å². The van der Waals surface area contributed by atoms with Crippen molar-refractivity contribution in [2.45, 2.75) is 13.0 Å². The van der Waals surface area contributed by atoms with E-state index in [4.69, 9.17) is 23.4 Å². The summed E-state index contributed by atoms with van der Waals surface area (Å²) in [7, 11) is 1.53. The van der Waals surface area contributed by atoms with Gasteiger partial charge in [-0.1, -0.05) is 0 Å². The highest BCUT2D eigenvalue weighted by atomic mass is 16.6. The first-order chi connectivity index (χ1) is 13.6. The average Bonchev–Trinajstić information content (AvgIpc) is 3.25. The Balaban J connectivity index is 1.53. The van der Waals surface area contributed by atoms with Crippen LogP contribution in [0.1, 0.15) is 24.3 Å². The molecule has 0 saturated carbocycles. The van der Waals surface area contributed by atoms with Crippen LogP contribution in [-0.2, 0) is 14.3 Å². The van der Waals surface area contributed by atoms with Crippen molar-refractivity contribution in [3.8, 4) is 17.2 Å². The van der Waals surface area contributed by atoms with Crippen molar-refractivity contribution >= 4 is 18.0 Å². The van der Waals surface area contributed by atoms with E-state index in [1.54, 1.807) is 37.3 Å². The summed E-state index contributed by atoms with van der Waals surface area (Å²) in [5, 5.41) is 2.68. The number of hydrogen-bond acceptors (Lipinski definition) is 7. The van der Waals surface area contributed by atoms with Gasteiger partial charge in [-0.15, -0.1) is 0 Å². The van der Waals surface area contributed by atoms with E-state index in [2.05, 4.69) is 5.32 Å². The maximum absolute atomic E-state index is 11.9. The van der Waals surface area contributed by atoms with Crippen molar-refractivity contribution in [2.24, 2.45) is 0 Å². The second-order valence-electron chi connectivity index (χ2n) is 5.99. The van der Waals surface area contributed by atoms with Crippen molar-refractivity contribution in [2.75, 3.05) is 26.9 Å². The van der Waals surface area contributed by atoms with Crippen LogP contribution in [0.25, 0.3) is 6.08 Å². The topological polar surface area (TPSA) is 96.2 Å². The first-order valence-corrected chi connectivity index (χ1v) is 8.72. The van der Waals surface area contributed by atoms with Gasteiger partial charge in [0, 0.05) is 6.08 Å². The van der Waals surface area contributed by atoms with Crippen LogP contribution in [0.2, 0.25) is 0 Å². The van der Waals surface area contributed by atoms with Crippen LogP contribution in [0.4, 0.5) is 0 Å². The molecule has 0 saturated heterocycles. The predicted octanol–water partition coefficient (Wildman–Crippen LogP) is 2.49. The molecule has 2 aromatic rings. The largest absolute Gasteiger partial charge is 0.493 e. The Morgan fingerprint density at radius 2 is 2.11 bits per heavy atom. The molecule has 28 heavy (non-hydrogen) atoms. The van der Waals surface area contributed by atoms with Crippen molar-refractivity contribution in [3.63, 3.8) is 0 Å².